The zero-order valence-corrected chi connectivity index (χ0v) is 12.9. The zero-order valence-electron chi connectivity index (χ0n) is 12.1. The normalized spacial score (nSPS) is 18.4. The molecule has 0 saturated heterocycles. The zero-order chi connectivity index (χ0) is 14.3. The smallest absolute Gasteiger partial charge is 0.323 e. The maximum atomic E-state index is 11.3. The lowest BCUT2D eigenvalue weighted by Crippen LogP contribution is -2.52. The van der Waals surface area contributed by atoms with Gasteiger partial charge >= 0.3 is 5.97 Å². The van der Waals surface area contributed by atoms with Crippen molar-refractivity contribution >= 4 is 17.7 Å². The van der Waals surface area contributed by atoms with Crippen molar-refractivity contribution in [3.8, 4) is 0 Å². The van der Waals surface area contributed by atoms with Crippen molar-refractivity contribution in [1.82, 2.24) is 5.32 Å². The van der Waals surface area contributed by atoms with Gasteiger partial charge in [-0.2, -0.15) is 11.8 Å². The predicted octanol–water partition coefficient (Wildman–Crippen LogP) is 2.11. The largest absolute Gasteiger partial charge is 0.480 e. The number of hydrogen-bond donors (Lipinski definition) is 3. The van der Waals surface area contributed by atoms with Gasteiger partial charge in [-0.1, -0.05) is 6.92 Å². The lowest BCUT2D eigenvalue weighted by Gasteiger charge is -2.28. The molecule has 0 aliphatic carbocycles. The van der Waals surface area contributed by atoms with Crippen LogP contribution in [0.2, 0.25) is 0 Å². The molecule has 108 valence electrons. The summed E-state index contributed by atoms with van der Waals surface area (Å²) in [7, 11) is 0. The number of aliphatic hydroxyl groups excluding tert-OH is 1. The molecule has 0 aromatic carbocycles. The number of nitrogens with one attached hydrogen (secondary N) is 1. The van der Waals surface area contributed by atoms with Gasteiger partial charge in [0.1, 0.15) is 5.54 Å². The molecule has 0 aliphatic rings. The molecule has 0 aromatic heterocycles. The summed E-state index contributed by atoms with van der Waals surface area (Å²) in [5, 5.41) is 21.9. The molecule has 0 radical (unpaired) electrons. The summed E-state index contributed by atoms with van der Waals surface area (Å²) < 4.78 is 0. The van der Waals surface area contributed by atoms with Gasteiger partial charge in [0, 0.05) is 11.3 Å². The number of carboxylic acid groups (broad SMARTS) is 1. The van der Waals surface area contributed by atoms with Crippen molar-refractivity contribution < 1.29 is 15.0 Å². The fraction of sp³-hybridized carbons (Fsp3) is 0.923. The monoisotopic (exact) mass is 277 g/mol. The van der Waals surface area contributed by atoms with Crippen LogP contribution in [0.15, 0.2) is 0 Å². The van der Waals surface area contributed by atoms with E-state index in [9.17, 15) is 15.0 Å². The van der Waals surface area contributed by atoms with Crippen molar-refractivity contribution in [3.63, 3.8) is 0 Å². The third-order valence-electron chi connectivity index (χ3n) is 2.96. The molecular weight excluding hydrogens is 250 g/mol. The molecule has 0 bridgehead atoms. The molecular formula is C13H27NO3S. The first-order valence-electron chi connectivity index (χ1n) is 6.50. The Morgan fingerprint density at radius 1 is 1.33 bits per heavy atom. The van der Waals surface area contributed by atoms with Gasteiger partial charge in [0.15, 0.2) is 0 Å². The first kappa shape index (κ1) is 17.7. The fourth-order valence-electron chi connectivity index (χ4n) is 1.71. The lowest BCUT2D eigenvalue weighted by molar-refractivity contribution is -0.144. The lowest BCUT2D eigenvalue weighted by atomic mass is 9.95. The average molecular weight is 277 g/mol. The third-order valence-corrected chi connectivity index (χ3v) is 4.40. The van der Waals surface area contributed by atoms with Crippen LogP contribution in [0.25, 0.3) is 0 Å². The van der Waals surface area contributed by atoms with Gasteiger partial charge in [-0.3, -0.25) is 10.1 Å². The average Bonchev–Trinajstić information content (AvgIpc) is 2.22. The van der Waals surface area contributed by atoms with Gasteiger partial charge in [-0.15, -0.1) is 0 Å². The van der Waals surface area contributed by atoms with Crippen molar-refractivity contribution in [2.45, 2.75) is 70.4 Å². The number of aliphatic hydroxyl groups is 1. The SMILES string of the molecule is CC(C)NC(C)(CCCSC(C)C(C)O)C(=O)O. The van der Waals surface area contributed by atoms with Crippen molar-refractivity contribution in [2.75, 3.05) is 5.75 Å². The minimum atomic E-state index is -0.858. The second-order valence-electron chi connectivity index (χ2n) is 5.36. The summed E-state index contributed by atoms with van der Waals surface area (Å²) in [6.45, 7) is 9.40. The van der Waals surface area contributed by atoms with Crippen LogP contribution in [0.1, 0.15) is 47.5 Å². The summed E-state index contributed by atoms with van der Waals surface area (Å²) in [4.78, 5) is 11.3. The minimum Gasteiger partial charge on any atom is -0.480 e. The third kappa shape index (κ3) is 6.61. The Morgan fingerprint density at radius 2 is 1.89 bits per heavy atom. The highest BCUT2D eigenvalue weighted by atomic mass is 32.2. The molecule has 0 heterocycles. The molecule has 0 amide bonds. The summed E-state index contributed by atoms with van der Waals surface area (Å²) >= 11 is 1.69. The molecule has 18 heavy (non-hydrogen) atoms. The summed E-state index contributed by atoms with van der Waals surface area (Å²) in [5.74, 6) is 0.0686. The molecule has 0 aliphatic heterocycles. The second-order valence-corrected chi connectivity index (χ2v) is 6.84. The van der Waals surface area contributed by atoms with Gasteiger partial charge < -0.3 is 10.2 Å². The molecule has 0 rings (SSSR count). The highest BCUT2D eigenvalue weighted by molar-refractivity contribution is 7.99. The van der Waals surface area contributed by atoms with Crippen LogP contribution in [0.3, 0.4) is 0 Å². The molecule has 3 unspecified atom stereocenters. The first-order chi connectivity index (χ1) is 8.19. The topological polar surface area (TPSA) is 69.6 Å². The molecule has 0 spiro atoms. The number of aliphatic carboxylic acids is 1. The van der Waals surface area contributed by atoms with Crippen molar-refractivity contribution in [1.29, 1.82) is 0 Å². The molecule has 0 fully saturated rings. The first-order valence-corrected chi connectivity index (χ1v) is 7.54. The number of hydrogen-bond acceptors (Lipinski definition) is 4. The van der Waals surface area contributed by atoms with E-state index in [2.05, 4.69) is 5.32 Å². The van der Waals surface area contributed by atoms with Crippen LogP contribution in [0.5, 0.6) is 0 Å². The predicted molar refractivity (Wildman–Crippen MR) is 77.1 cm³/mol. The van der Waals surface area contributed by atoms with Crippen LogP contribution in [0, 0.1) is 0 Å². The van der Waals surface area contributed by atoms with E-state index in [-0.39, 0.29) is 17.4 Å². The standard InChI is InChI=1S/C13H27NO3S/c1-9(2)14-13(5,12(16)17)7-6-8-18-11(4)10(3)15/h9-11,14-15H,6-8H2,1-5H3,(H,16,17). The van der Waals surface area contributed by atoms with E-state index >= 15 is 0 Å². The Hall–Kier alpha value is -0.260. The maximum absolute atomic E-state index is 11.3. The number of rotatable bonds is 9. The Morgan fingerprint density at radius 3 is 2.28 bits per heavy atom. The maximum Gasteiger partial charge on any atom is 0.323 e. The number of carboxylic acids is 1. The second kappa shape index (κ2) is 8.02. The Balaban J connectivity index is 4.10. The molecule has 3 N–H and O–H groups in total. The molecule has 3 atom stereocenters. The molecule has 0 aromatic rings. The molecule has 4 nitrogen and oxygen atoms in total. The number of carbonyl (C=O) groups is 1. The van der Waals surface area contributed by atoms with Crippen LogP contribution in [-0.2, 0) is 4.79 Å². The van der Waals surface area contributed by atoms with Gasteiger partial charge in [0.2, 0.25) is 0 Å². The van der Waals surface area contributed by atoms with E-state index in [0.717, 1.165) is 12.2 Å². The Labute approximate surface area is 115 Å². The summed E-state index contributed by atoms with van der Waals surface area (Å²) in [6.07, 6.45) is 1.10. The van der Waals surface area contributed by atoms with Crippen molar-refractivity contribution in [3.05, 3.63) is 0 Å². The van der Waals surface area contributed by atoms with E-state index in [4.69, 9.17) is 0 Å². The van der Waals surface area contributed by atoms with Crippen molar-refractivity contribution in [2.24, 2.45) is 0 Å². The summed E-state index contributed by atoms with van der Waals surface area (Å²) in [6, 6.07) is 0.148. The van der Waals surface area contributed by atoms with E-state index in [1.54, 1.807) is 25.6 Å². The van der Waals surface area contributed by atoms with Gasteiger partial charge in [0.05, 0.1) is 6.10 Å². The minimum absolute atomic E-state index is 0.148. The van der Waals surface area contributed by atoms with E-state index in [0.29, 0.717) is 6.42 Å². The number of thioether (sulfide) groups is 1. The Bertz CT molecular complexity index is 259. The quantitative estimate of drug-likeness (QED) is 0.563. The van der Waals surface area contributed by atoms with Gasteiger partial charge in [0.25, 0.3) is 0 Å². The van der Waals surface area contributed by atoms with Crippen LogP contribution in [-0.4, -0.2) is 44.9 Å². The van der Waals surface area contributed by atoms with Crippen LogP contribution < -0.4 is 5.32 Å². The van der Waals surface area contributed by atoms with Gasteiger partial charge in [-0.05, 0) is 46.3 Å². The van der Waals surface area contributed by atoms with E-state index in [1.807, 2.05) is 20.8 Å². The summed E-state index contributed by atoms with van der Waals surface area (Å²) in [5.41, 5.74) is -0.858. The molecule has 0 saturated carbocycles. The highest BCUT2D eigenvalue weighted by Gasteiger charge is 2.32. The van der Waals surface area contributed by atoms with E-state index < -0.39 is 11.5 Å². The fourth-order valence-corrected chi connectivity index (χ4v) is 2.67. The van der Waals surface area contributed by atoms with E-state index in [1.165, 1.54) is 0 Å². The van der Waals surface area contributed by atoms with Crippen LogP contribution >= 0.6 is 11.8 Å². The van der Waals surface area contributed by atoms with Crippen LogP contribution in [0.4, 0.5) is 0 Å². The van der Waals surface area contributed by atoms with Gasteiger partial charge in [-0.25, -0.2) is 0 Å². The highest BCUT2D eigenvalue weighted by Crippen LogP contribution is 2.20. The molecule has 5 heteroatoms. The Kier molecular flexibility index (Phi) is 7.90.